The van der Waals surface area contributed by atoms with Gasteiger partial charge in [-0.3, -0.25) is 5.32 Å². The second-order valence-corrected chi connectivity index (χ2v) is 6.90. The monoisotopic (exact) mass is 392 g/mol. The van der Waals surface area contributed by atoms with Crippen LogP contribution in [0.15, 0.2) is 48.5 Å². The van der Waals surface area contributed by atoms with Gasteiger partial charge < -0.3 is 20.5 Å². The molecule has 0 radical (unpaired) electrons. The van der Waals surface area contributed by atoms with E-state index in [4.69, 9.17) is 0 Å². The molecule has 2 amide bonds. The number of hydrogen-bond donors (Lipinski definition) is 4. The number of aromatic nitrogens is 2. The molecule has 29 heavy (non-hydrogen) atoms. The molecule has 0 atom stereocenters. The number of aryl methyl sites for hydroxylation is 1. The van der Waals surface area contributed by atoms with Crippen LogP contribution in [0.1, 0.15) is 5.69 Å². The Balaban J connectivity index is 1.61. The van der Waals surface area contributed by atoms with Crippen molar-refractivity contribution in [1.29, 1.82) is 0 Å². The fourth-order valence-electron chi connectivity index (χ4n) is 2.79. The standard InChI is InChI=1S/C20H25BN6O2/c1-14-12-18(22-10-11-27(3)21(2)29)25-19(23-14)26-20(28)24-17-9-8-15-6-4-5-7-16(15)13-17/h4-9,12-13,29H,10-11H2,1-3H3,(H3,22,23,24,25,26,28). The molecule has 0 spiro atoms. The minimum Gasteiger partial charge on any atom is -0.437 e. The van der Waals surface area contributed by atoms with Crippen LogP contribution in [0.3, 0.4) is 0 Å². The SMILES string of the molecule is CB(O)N(C)CCNc1cc(C)nc(NC(=O)Nc2ccc3ccccc3c2)n1. The molecule has 150 valence electrons. The van der Waals surface area contributed by atoms with Crippen molar-refractivity contribution in [3.63, 3.8) is 0 Å². The zero-order valence-corrected chi connectivity index (χ0v) is 16.8. The number of benzene rings is 2. The minimum atomic E-state index is -0.514. The summed E-state index contributed by atoms with van der Waals surface area (Å²) in [6.07, 6.45) is 0. The van der Waals surface area contributed by atoms with Crippen molar-refractivity contribution in [3.05, 3.63) is 54.2 Å². The Hall–Kier alpha value is -3.17. The molecule has 3 rings (SSSR count). The molecule has 0 aliphatic heterocycles. The molecule has 1 heterocycles. The average molecular weight is 392 g/mol. The molecular weight excluding hydrogens is 367 g/mol. The summed E-state index contributed by atoms with van der Waals surface area (Å²) in [5, 5.41) is 20.3. The molecule has 3 aromatic rings. The number of fused-ring (bicyclic) bond motifs is 1. The van der Waals surface area contributed by atoms with Gasteiger partial charge in [-0.1, -0.05) is 30.3 Å². The van der Waals surface area contributed by atoms with Gasteiger partial charge >= 0.3 is 13.1 Å². The van der Waals surface area contributed by atoms with E-state index in [-0.39, 0.29) is 5.95 Å². The Morgan fingerprint density at radius 3 is 2.62 bits per heavy atom. The van der Waals surface area contributed by atoms with Crippen LogP contribution in [0.4, 0.5) is 22.2 Å². The van der Waals surface area contributed by atoms with E-state index >= 15 is 0 Å². The maximum Gasteiger partial charge on any atom is 0.376 e. The molecule has 0 unspecified atom stereocenters. The van der Waals surface area contributed by atoms with E-state index in [9.17, 15) is 9.82 Å². The highest BCUT2D eigenvalue weighted by Gasteiger charge is 2.11. The predicted molar refractivity (Wildman–Crippen MR) is 118 cm³/mol. The maximum atomic E-state index is 12.4. The Kier molecular flexibility index (Phi) is 6.63. The molecule has 4 N–H and O–H groups in total. The third-order valence-corrected chi connectivity index (χ3v) is 4.50. The highest BCUT2D eigenvalue weighted by atomic mass is 16.2. The molecule has 8 nitrogen and oxygen atoms in total. The highest BCUT2D eigenvalue weighted by molar-refractivity contribution is 6.45. The number of hydrogen-bond acceptors (Lipinski definition) is 6. The summed E-state index contributed by atoms with van der Waals surface area (Å²) in [6, 6.07) is 15.1. The molecule has 0 saturated heterocycles. The van der Waals surface area contributed by atoms with Crippen LogP contribution < -0.4 is 16.0 Å². The van der Waals surface area contributed by atoms with E-state index in [0.29, 0.717) is 24.6 Å². The summed E-state index contributed by atoms with van der Waals surface area (Å²) in [4.78, 5) is 22.8. The largest absolute Gasteiger partial charge is 0.437 e. The number of nitrogens with one attached hydrogen (secondary N) is 3. The van der Waals surface area contributed by atoms with Crippen LogP contribution in [-0.4, -0.2) is 53.0 Å². The summed E-state index contributed by atoms with van der Waals surface area (Å²) >= 11 is 0. The van der Waals surface area contributed by atoms with Crippen LogP contribution in [0.25, 0.3) is 10.8 Å². The van der Waals surface area contributed by atoms with Gasteiger partial charge in [-0.2, -0.15) is 4.98 Å². The summed E-state index contributed by atoms with van der Waals surface area (Å²) in [7, 11) is 1.32. The Labute approximate surface area is 170 Å². The highest BCUT2D eigenvalue weighted by Crippen LogP contribution is 2.19. The van der Waals surface area contributed by atoms with Gasteiger partial charge in [-0.15, -0.1) is 0 Å². The molecule has 0 bridgehead atoms. The Morgan fingerprint density at radius 1 is 1.10 bits per heavy atom. The van der Waals surface area contributed by atoms with Crippen LogP contribution >= 0.6 is 0 Å². The molecule has 1 aromatic heterocycles. The zero-order chi connectivity index (χ0) is 20.8. The second-order valence-electron chi connectivity index (χ2n) is 6.90. The van der Waals surface area contributed by atoms with E-state index in [1.807, 2.05) is 56.4 Å². The summed E-state index contributed by atoms with van der Waals surface area (Å²) in [5.41, 5.74) is 1.42. The molecule has 2 aromatic carbocycles. The normalized spacial score (nSPS) is 10.8. The number of anilines is 3. The minimum absolute atomic E-state index is 0.217. The van der Waals surface area contributed by atoms with Crippen molar-refractivity contribution in [2.24, 2.45) is 0 Å². The van der Waals surface area contributed by atoms with Crippen molar-refractivity contribution in [1.82, 2.24) is 14.8 Å². The summed E-state index contributed by atoms with van der Waals surface area (Å²) in [6.45, 7) is 4.79. The molecule has 9 heteroatoms. The fourth-order valence-corrected chi connectivity index (χ4v) is 2.79. The molecule has 0 fully saturated rings. The van der Waals surface area contributed by atoms with Gasteiger partial charge in [0.1, 0.15) is 5.82 Å². The number of carbonyl (C=O) groups is 1. The lowest BCUT2D eigenvalue weighted by atomic mass is 9.86. The molecule has 0 aliphatic rings. The lowest BCUT2D eigenvalue weighted by Gasteiger charge is -2.17. The number of urea groups is 1. The third kappa shape index (κ3) is 5.90. The summed E-state index contributed by atoms with van der Waals surface area (Å²) < 4.78 is 0. The lowest BCUT2D eigenvalue weighted by Crippen LogP contribution is -2.36. The number of carbonyl (C=O) groups excluding carboxylic acids is 1. The van der Waals surface area contributed by atoms with Crippen LogP contribution in [-0.2, 0) is 0 Å². The van der Waals surface area contributed by atoms with Crippen molar-refractivity contribution in [2.45, 2.75) is 13.7 Å². The van der Waals surface area contributed by atoms with Crippen LogP contribution in [0.2, 0.25) is 6.82 Å². The summed E-state index contributed by atoms with van der Waals surface area (Å²) in [5.74, 6) is 0.826. The predicted octanol–water partition coefficient (Wildman–Crippen LogP) is 3.04. The first-order valence-electron chi connectivity index (χ1n) is 9.45. The van der Waals surface area contributed by atoms with E-state index in [2.05, 4.69) is 25.9 Å². The first-order chi connectivity index (χ1) is 13.9. The topological polar surface area (TPSA) is 102 Å². The third-order valence-electron chi connectivity index (χ3n) is 4.50. The van der Waals surface area contributed by atoms with Gasteiger partial charge in [-0.05, 0) is 43.7 Å². The van der Waals surface area contributed by atoms with Crippen molar-refractivity contribution in [2.75, 3.05) is 36.1 Å². The number of amides is 2. The van der Waals surface area contributed by atoms with Gasteiger partial charge in [0.15, 0.2) is 0 Å². The lowest BCUT2D eigenvalue weighted by molar-refractivity contribution is 0.262. The number of rotatable bonds is 7. The second kappa shape index (κ2) is 9.36. The van der Waals surface area contributed by atoms with Crippen LogP contribution in [0.5, 0.6) is 0 Å². The van der Waals surface area contributed by atoms with Gasteiger partial charge in [0.25, 0.3) is 0 Å². The van der Waals surface area contributed by atoms with Crippen LogP contribution in [0, 0.1) is 6.92 Å². The Morgan fingerprint density at radius 2 is 1.86 bits per heavy atom. The molecule has 0 aliphatic carbocycles. The fraction of sp³-hybridized carbons (Fsp3) is 0.250. The van der Waals surface area contributed by atoms with Gasteiger partial charge in [-0.25, -0.2) is 9.78 Å². The zero-order valence-electron chi connectivity index (χ0n) is 16.8. The maximum absolute atomic E-state index is 12.4. The first kappa shape index (κ1) is 20.6. The average Bonchev–Trinajstić information content (AvgIpc) is 2.67. The molecular formula is C20H25BN6O2. The smallest absolute Gasteiger partial charge is 0.376 e. The van der Waals surface area contributed by atoms with E-state index < -0.39 is 13.1 Å². The van der Waals surface area contributed by atoms with E-state index in [1.54, 1.807) is 17.7 Å². The van der Waals surface area contributed by atoms with E-state index in [1.165, 1.54) is 0 Å². The number of likely N-dealkylation sites (N-methyl/N-ethyl adjacent to an activating group) is 1. The van der Waals surface area contributed by atoms with Gasteiger partial charge in [0, 0.05) is 30.5 Å². The first-order valence-corrected chi connectivity index (χ1v) is 9.45. The Bertz CT molecular complexity index is 998. The van der Waals surface area contributed by atoms with Crippen molar-refractivity contribution >= 4 is 41.3 Å². The van der Waals surface area contributed by atoms with Crippen molar-refractivity contribution in [3.8, 4) is 0 Å². The number of nitrogens with zero attached hydrogens (tertiary/aromatic N) is 3. The molecule has 0 saturated carbocycles. The van der Waals surface area contributed by atoms with Gasteiger partial charge in [0.05, 0.1) is 0 Å². The van der Waals surface area contributed by atoms with Gasteiger partial charge in [0.2, 0.25) is 5.95 Å². The quantitative estimate of drug-likeness (QED) is 0.461. The van der Waals surface area contributed by atoms with Crippen molar-refractivity contribution < 1.29 is 9.82 Å². The van der Waals surface area contributed by atoms with E-state index in [0.717, 1.165) is 16.5 Å².